The van der Waals surface area contributed by atoms with Crippen LogP contribution in [-0.2, 0) is 29.1 Å². The van der Waals surface area contributed by atoms with E-state index in [4.69, 9.17) is 0 Å². The fourth-order valence-corrected chi connectivity index (χ4v) is 14.3. The Bertz CT molecular complexity index is 3950. The molecule has 2 nitrogen and oxygen atoms in total. The van der Waals surface area contributed by atoms with Crippen LogP contribution >= 0.6 is 0 Å². The van der Waals surface area contributed by atoms with E-state index in [1.807, 2.05) is 0 Å². The largest absolute Gasteiger partial charge is 0.310 e. The van der Waals surface area contributed by atoms with Gasteiger partial charge in [0.2, 0.25) is 0 Å². The van der Waals surface area contributed by atoms with Gasteiger partial charge in [0, 0.05) is 44.1 Å². The molecule has 0 amide bonds. The minimum absolute atomic E-state index is 0.0204. The summed E-state index contributed by atoms with van der Waals surface area (Å²) in [5.41, 5.74) is 29.7. The molecule has 0 saturated carbocycles. The van der Waals surface area contributed by atoms with Gasteiger partial charge in [-0.25, -0.2) is 0 Å². The van der Waals surface area contributed by atoms with Crippen molar-refractivity contribution in [3.05, 3.63) is 196 Å². The van der Waals surface area contributed by atoms with E-state index < -0.39 is 5.41 Å². The van der Waals surface area contributed by atoms with Gasteiger partial charge in [-0.15, -0.1) is 0 Å². The summed E-state index contributed by atoms with van der Waals surface area (Å²) in [5.74, 6) is 0. The van der Waals surface area contributed by atoms with Crippen molar-refractivity contribution in [3.63, 3.8) is 0 Å². The van der Waals surface area contributed by atoms with Crippen LogP contribution in [0.15, 0.2) is 152 Å². The van der Waals surface area contributed by atoms with Crippen molar-refractivity contribution >= 4 is 55.8 Å². The molecule has 14 rings (SSSR count). The van der Waals surface area contributed by atoms with Crippen LogP contribution in [0, 0.1) is 10.8 Å². The molecule has 0 N–H and O–H groups in total. The zero-order valence-corrected chi connectivity index (χ0v) is 44.3. The predicted octanol–water partition coefficient (Wildman–Crippen LogP) is 15.7. The van der Waals surface area contributed by atoms with E-state index in [1.54, 1.807) is 0 Å². The van der Waals surface area contributed by atoms with E-state index in [0.29, 0.717) is 0 Å². The van der Waals surface area contributed by atoms with E-state index in [9.17, 15) is 0 Å². The minimum atomic E-state index is -0.529. The first-order valence-corrected chi connectivity index (χ1v) is 26.6. The number of para-hydroxylation sites is 1. The third-order valence-electron chi connectivity index (χ3n) is 17.0. The topological polar surface area (TPSA) is 9.86 Å². The molecule has 0 radical (unpaired) electrons. The van der Waals surface area contributed by atoms with Crippen molar-refractivity contribution in [2.45, 2.75) is 112 Å². The van der Waals surface area contributed by atoms with Gasteiger partial charge in [0.1, 0.15) is 0 Å². The maximum absolute atomic E-state index is 2.79. The van der Waals surface area contributed by atoms with Gasteiger partial charge in [0.25, 0.3) is 6.71 Å². The number of aromatic nitrogens is 2. The number of fused-ring (bicyclic) bond motifs is 11. The van der Waals surface area contributed by atoms with Crippen LogP contribution in [0.25, 0.3) is 77.6 Å². The quantitative estimate of drug-likeness (QED) is 0.156. The molecule has 354 valence electrons. The third-order valence-corrected chi connectivity index (χ3v) is 17.0. The van der Waals surface area contributed by atoms with Gasteiger partial charge >= 0.3 is 0 Å². The van der Waals surface area contributed by atoms with E-state index >= 15 is 0 Å². The first kappa shape index (κ1) is 43.9. The molecular formula is C69H65BN2. The SMILES string of the molecule is CC(C)(C)Cc1cc2c3c(c1)c1cc(CC(C)(C)C)cc4c1n3-c1c(ccc3c1B2c1cccc2c(-c5ccc(C(C)(C)C)cc5)c(-c5ccc(C(C)(C)C)cc5)n-3c12)C41c2ccccc2-c2ccccc21. The zero-order valence-electron chi connectivity index (χ0n) is 44.3. The van der Waals surface area contributed by atoms with Crippen molar-refractivity contribution < 1.29 is 0 Å². The second-order valence-corrected chi connectivity index (χ2v) is 26.6. The van der Waals surface area contributed by atoms with E-state index in [2.05, 4.69) is 244 Å². The fraction of sp³-hybridized carbons (Fsp3) is 0.275. The Morgan fingerprint density at radius 1 is 0.431 bits per heavy atom. The third kappa shape index (κ3) is 5.86. The Labute approximate surface area is 426 Å². The van der Waals surface area contributed by atoms with Gasteiger partial charge in [-0.1, -0.05) is 217 Å². The summed E-state index contributed by atoms with van der Waals surface area (Å²) >= 11 is 0. The molecule has 10 aromatic rings. The Hall–Kier alpha value is -6.84. The van der Waals surface area contributed by atoms with Crippen molar-refractivity contribution in [2.75, 3.05) is 0 Å². The molecule has 3 aliphatic heterocycles. The first-order valence-electron chi connectivity index (χ1n) is 26.6. The summed E-state index contributed by atoms with van der Waals surface area (Å²) in [5, 5.41) is 4.09. The summed E-state index contributed by atoms with van der Waals surface area (Å²) < 4.78 is 5.50. The molecule has 0 saturated heterocycles. The lowest BCUT2D eigenvalue weighted by molar-refractivity contribution is 0.411. The van der Waals surface area contributed by atoms with Crippen LogP contribution in [0.2, 0.25) is 0 Å². The number of rotatable bonds is 4. The minimum Gasteiger partial charge on any atom is -0.310 e. The molecule has 3 heteroatoms. The number of hydrogen-bond donors (Lipinski definition) is 0. The molecular weight excluding hydrogens is 868 g/mol. The molecule has 72 heavy (non-hydrogen) atoms. The summed E-state index contributed by atoms with van der Waals surface area (Å²) in [6.07, 6.45) is 1.99. The van der Waals surface area contributed by atoms with Gasteiger partial charge in [0.05, 0.1) is 16.6 Å². The van der Waals surface area contributed by atoms with E-state index in [0.717, 1.165) is 12.8 Å². The number of nitrogens with zero attached hydrogens (tertiary/aromatic N) is 2. The molecule has 0 fully saturated rings. The normalized spacial score (nSPS) is 14.9. The van der Waals surface area contributed by atoms with Crippen LogP contribution in [0.1, 0.15) is 128 Å². The average molecular weight is 933 g/mol. The van der Waals surface area contributed by atoms with Crippen molar-refractivity contribution in [2.24, 2.45) is 10.8 Å². The highest BCUT2D eigenvalue weighted by Crippen LogP contribution is 2.62. The van der Waals surface area contributed by atoms with Crippen molar-refractivity contribution in [3.8, 4) is 44.9 Å². The van der Waals surface area contributed by atoms with Gasteiger partial charge < -0.3 is 9.13 Å². The Morgan fingerprint density at radius 2 is 0.972 bits per heavy atom. The summed E-state index contributed by atoms with van der Waals surface area (Å²) in [6.45, 7) is 28.3. The molecule has 4 aliphatic rings. The summed E-state index contributed by atoms with van der Waals surface area (Å²) in [7, 11) is 0. The fourth-order valence-electron chi connectivity index (χ4n) is 14.3. The van der Waals surface area contributed by atoms with Crippen LogP contribution < -0.4 is 16.4 Å². The molecule has 0 atom stereocenters. The highest BCUT2D eigenvalue weighted by Gasteiger charge is 2.54. The van der Waals surface area contributed by atoms with Crippen LogP contribution in [0.4, 0.5) is 0 Å². The smallest absolute Gasteiger partial charge is 0.252 e. The number of hydrogen-bond acceptors (Lipinski definition) is 0. The highest BCUT2D eigenvalue weighted by molar-refractivity contribution is 7.00. The Morgan fingerprint density at radius 3 is 1.56 bits per heavy atom. The standard InChI is InChI=1S/C69H65BN2/c1-65(2,3)38-40-34-49-50-35-41(39-66(4,5)6)37-56-63(50)72-61(49)54(36-40)69(51-21-15-13-18-46(51)47-19-14-16-22-52(47)69)53-32-33-57-59(64(53)72)70(56)55-23-17-20-48-58(42-24-28-44(29-25-42)67(7,8)9)60(71(57)62(48)55)43-26-30-45(31-27-43)68(10,11)12/h13-37H,38-39H2,1-12H3. The van der Waals surface area contributed by atoms with Crippen LogP contribution in [-0.4, -0.2) is 15.8 Å². The Balaban J connectivity index is 1.19. The molecule has 0 bridgehead atoms. The van der Waals surface area contributed by atoms with Gasteiger partial charge in [-0.3, -0.25) is 0 Å². The lowest BCUT2D eigenvalue weighted by atomic mass is 9.33. The number of benzene rings is 8. The monoisotopic (exact) mass is 933 g/mol. The molecule has 5 heterocycles. The second kappa shape index (κ2) is 14.2. The van der Waals surface area contributed by atoms with E-state index in [1.165, 1.54) is 138 Å². The highest BCUT2D eigenvalue weighted by atomic mass is 15.1. The lowest BCUT2D eigenvalue weighted by Gasteiger charge is -2.44. The lowest BCUT2D eigenvalue weighted by Crippen LogP contribution is -2.60. The van der Waals surface area contributed by atoms with Crippen LogP contribution in [0.3, 0.4) is 0 Å². The maximum atomic E-state index is 2.79. The van der Waals surface area contributed by atoms with Crippen molar-refractivity contribution in [1.82, 2.24) is 9.13 Å². The molecule has 0 unspecified atom stereocenters. The Kier molecular flexibility index (Phi) is 8.67. The van der Waals surface area contributed by atoms with Crippen LogP contribution in [0.5, 0.6) is 0 Å². The maximum Gasteiger partial charge on any atom is 0.252 e. The molecule has 1 spiro atoms. The summed E-state index contributed by atoms with van der Waals surface area (Å²) in [6, 6.07) is 60.7. The first-order chi connectivity index (χ1) is 34.2. The van der Waals surface area contributed by atoms with Crippen molar-refractivity contribution in [1.29, 1.82) is 0 Å². The second-order valence-electron chi connectivity index (χ2n) is 26.6. The van der Waals surface area contributed by atoms with Gasteiger partial charge in [-0.2, -0.15) is 0 Å². The predicted molar refractivity (Wildman–Crippen MR) is 308 cm³/mol. The zero-order chi connectivity index (χ0) is 49.8. The molecule has 8 aromatic carbocycles. The van der Waals surface area contributed by atoms with E-state index in [-0.39, 0.29) is 28.4 Å². The molecule has 2 aromatic heterocycles. The average Bonchev–Trinajstić information content (AvgIpc) is 3.95. The van der Waals surface area contributed by atoms with Gasteiger partial charge in [-0.05, 0) is 136 Å². The summed E-state index contributed by atoms with van der Waals surface area (Å²) in [4.78, 5) is 0. The molecule has 1 aliphatic carbocycles. The van der Waals surface area contributed by atoms with Gasteiger partial charge in [0.15, 0.2) is 0 Å².